The summed E-state index contributed by atoms with van der Waals surface area (Å²) >= 11 is 0. The van der Waals surface area contributed by atoms with Crippen molar-refractivity contribution < 1.29 is 0 Å². The second kappa shape index (κ2) is 2.39. The average molecular weight is 136 g/mol. The quantitative estimate of drug-likeness (QED) is 0.517. The van der Waals surface area contributed by atoms with Crippen LogP contribution in [0.5, 0.6) is 0 Å². The monoisotopic (exact) mass is 136 g/mol. The molecule has 0 heterocycles. The third-order valence-electron chi connectivity index (χ3n) is 1.77. The molecule has 0 aromatic carbocycles. The van der Waals surface area contributed by atoms with Gasteiger partial charge in [-0.25, -0.2) is 0 Å². The molecule has 54 valence electrons. The summed E-state index contributed by atoms with van der Waals surface area (Å²) in [6, 6.07) is 0.0884. The number of rotatable bonds is 0. The normalized spacial score (nSPS) is 27.3. The smallest absolute Gasteiger partial charge is 0.0398 e. The topological polar surface area (TPSA) is 49.9 Å². The van der Waals surface area contributed by atoms with E-state index in [-0.39, 0.29) is 6.04 Å². The highest BCUT2D eigenvalue weighted by atomic mass is 14.7. The van der Waals surface area contributed by atoms with E-state index in [9.17, 15) is 0 Å². The highest BCUT2D eigenvalue weighted by molar-refractivity contribution is 6.02. The van der Waals surface area contributed by atoms with E-state index in [2.05, 4.69) is 13.2 Å². The van der Waals surface area contributed by atoms with Gasteiger partial charge in [-0.3, -0.25) is 0 Å². The number of hydrogen-bond acceptors (Lipinski definition) is 2. The van der Waals surface area contributed by atoms with Gasteiger partial charge >= 0.3 is 0 Å². The lowest BCUT2D eigenvalue weighted by molar-refractivity contribution is 0.678. The molecular formula is C8H12N2. The Morgan fingerprint density at radius 1 is 1.40 bits per heavy atom. The zero-order valence-corrected chi connectivity index (χ0v) is 5.98. The summed E-state index contributed by atoms with van der Waals surface area (Å²) in [4.78, 5) is 0. The molecule has 10 heavy (non-hydrogen) atoms. The third-order valence-corrected chi connectivity index (χ3v) is 1.77. The van der Waals surface area contributed by atoms with Gasteiger partial charge in [-0.1, -0.05) is 13.2 Å². The largest absolute Gasteiger partial charge is 0.327 e. The molecule has 0 spiro atoms. The van der Waals surface area contributed by atoms with Crippen LogP contribution in [0.3, 0.4) is 0 Å². The highest BCUT2D eigenvalue weighted by Gasteiger charge is 2.18. The van der Waals surface area contributed by atoms with Gasteiger partial charge in [-0.2, -0.15) is 0 Å². The summed E-state index contributed by atoms with van der Waals surface area (Å²) in [7, 11) is 0. The van der Waals surface area contributed by atoms with Gasteiger partial charge in [0.25, 0.3) is 0 Å². The van der Waals surface area contributed by atoms with Gasteiger partial charge in [0.05, 0.1) is 0 Å². The first-order valence-corrected chi connectivity index (χ1v) is 3.31. The molecule has 2 nitrogen and oxygen atoms in total. The molecule has 2 heteroatoms. The molecule has 0 aromatic rings. The maximum Gasteiger partial charge on any atom is 0.0398 e. The van der Waals surface area contributed by atoms with Gasteiger partial charge in [0.2, 0.25) is 0 Å². The molecule has 1 aliphatic carbocycles. The Morgan fingerprint density at radius 2 is 2.00 bits per heavy atom. The summed E-state index contributed by atoms with van der Waals surface area (Å²) in [5.74, 6) is 0. The molecule has 0 radical (unpaired) electrons. The Labute approximate surface area is 60.9 Å². The van der Waals surface area contributed by atoms with E-state index in [1.54, 1.807) is 0 Å². The molecule has 1 atom stereocenters. The van der Waals surface area contributed by atoms with Gasteiger partial charge < -0.3 is 11.1 Å². The van der Waals surface area contributed by atoms with Crippen molar-refractivity contribution >= 4 is 5.71 Å². The fourth-order valence-corrected chi connectivity index (χ4v) is 1.11. The van der Waals surface area contributed by atoms with Crippen LogP contribution in [-0.2, 0) is 0 Å². The molecule has 1 saturated carbocycles. The Bertz CT molecular complexity index is 183. The molecule has 1 unspecified atom stereocenters. The molecule has 0 bridgehead atoms. The van der Waals surface area contributed by atoms with Crippen molar-refractivity contribution in [3.63, 3.8) is 0 Å². The maximum absolute atomic E-state index is 7.42. The standard InChI is InChI=1S/C8H12N2/c1-5-3-7(9)4-8(10)6(5)2/h7,10H,1-4,9H2. The predicted octanol–water partition coefficient (Wildman–Crippen LogP) is 1.24. The minimum Gasteiger partial charge on any atom is -0.327 e. The van der Waals surface area contributed by atoms with Gasteiger partial charge in [-0.15, -0.1) is 0 Å². The zero-order chi connectivity index (χ0) is 7.72. The molecule has 1 aliphatic rings. The lowest BCUT2D eigenvalue weighted by atomic mass is 9.87. The van der Waals surface area contributed by atoms with Crippen molar-refractivity contribution in [3.05, 3.63) is 24.3 Å². The summed E-state index contributed by atoms with van der Waals surface area (Å²) in [6.07, 6.45) is 1.44. The first-order chi connectivity index (χ1) is 4.61. The second-order valence-corrected chi connectivity index (χ2v) is 2.73. The van der Waals surface area contributed by atoms with E-state index in [0.717, 1.165) is 17.6 Å². The number of nitrogens with two attached hydrogens (primary N) is 1. The molecule has 0 aromatic heterocycles. The average Bonchev–Trinajstić information content (AvgIpc) is 1.82. The van der Waals surface area contributed by atoms with Crippen LogP contribution in [0.2, 0.25) is 0 Å². The number of hydrogen-bond donors (Lipinski definition) is 2. The Kier molecular flexibility index (Phi) is 1.72. The molecule has 0 aliphatic heterocycles. The zero-order valence-electron chi connectivity index (χ0n) is 5.98. The second-order valence-electron chi connectivity index (χ2n) is 2.73. The SMILES string of the molecule is C=C1CC(N)CC(=N)C1=C. The molecule has 0 saturated heterocycles. The van der Waals surface area contributed by atoms with Gasteiger partial charge in [-0.05, 0) is 17.6 Å². The maximum atomic E-state index is 7.42. The number of nitrogens with one attached hydrogen (secondary N) is 1. The first kappa shape index (κ1) is 7.22. The molecule has 3 N–H and O–H groups in total. The van der Waals surface area contributed by atoms with Crippen LogP contribution in [0, 0.1) is 5.41 Å². The first-order valence-electron chi connectivity index (χ1n) is 3.31. The van der Waals surface area contributed by atoms with E-state index >= 15 is 0 Å². The Morgan fingerprint density at radius 3 is 2.50 bits per heavy atom. The molecular weight excluding hydrogens is 124 g/mol. The van der Waals surface area contributed by atoms with Gasteiger partial charge in [0, 0.05) is 18.2 Å². The fraction of sp³-hybridized carbons (Fsp3) is 0.375. The van der Waals surface area contributed by atoms with Crippen LogP contribution in [0.1, 0.15) is 12.8 Å². The Balaban J connectivity index is 2.76. The highest BCUT2D eigenvalue weighted by Crippen LogP contribution is 2.21. The van der Waals surface area contributed by atoms with Gasteiger partial charge in [0.1, 0.15) is 0 Å². The third kappa shape index (κ3) is 1.16. The van der Waals surface area contributed by atoms with Crippen LogP contribution in [0.4, 0.5) is 0 Å². The van der Waals surface area contributed by atoms with Crippen molar-refractivity contribution in [3.8, 4) is 0 Å². The van der Waals surface area contributed by atoms with Crippen LogP contribution in [0.25, 0.3) is 0 Å². The lowest BCUT2D eigenvalue weighted by Gasteiger charge is -2.22. The van der Waals surface area contributed by atoms with Crippen LogP contribution < -0.4 is 5.73 Å². The van der Waals surface area contributed by atoms with Crippen molar-refractivity contribution in [1.82, 2.24) is 0 Å². The van der Waals surface area contributed by atoms with Crippen molar-refractivity contribution in [2.75, 3.05) is 0 Å². The Hall–Kier alpha value is -0.890. The van der Waals surface area contributed by atoms with Crippen LogP contribution in [-0.4, -0.2) is 11.8 Å². The summed E-state index contributed by atoms with van der Waals surface area (Å²) in [6.45, 7) is 7.51. The van der Waals surface area contributed by atoms with Crippen molar-refractivity contribution in [1.29, 1.82) is 5.41 Å². The summed E-state index contributed by atoms with van der Waals surface area (Å²) in [5, 5.41) is 7.42. The van der Waals surface area contributed by atoms with Crippen molar-refractivity contribution in [2.24, 2.45) is 5.73 Å². The van der Waals surface area contributed by atoms with Crippen molar-refractivity contribution in [2.45, 2.75) is 18.9 Å². The molecule has 1 rings (SSSR count). The minimum absolute atomic E-state index is 0.0884. The lowest BCUT2D eigenvalue weighted by Crippen LogP contribution is -2.29. The fourth-order valence-electron chi connectivity index (χ4n) is 1.11. The number of allylic oxidation sites excluding steroid dienone is 1. The summed E-state index contributed by atoms with van der Waals surface area (Å²) < 4.78 is 0. The van der Waals surface area contributed by atoms with E-state index in [1.165, 1.54) is 0 Å². The van der Waals surface area contributed by atoms with Gasteiger partial charge in [0.15, 0.2) is 0 Å². The van der Waals surface area contributed by atoms with Crippen LogP contribution in [0.15, 0.2) is 24.3 Å². The summed E-state index contributed by atoms with van der Waals surface area (Å²) in [5.41, 5.74) is 7.88. The van der Waals surface area contributed by atoms with E-state index in [4.69, 9.17) is 11.1 Å². The molecule has 0 amide bonds. The van der Waals surface area contributed by atoms with E-state index in [1.807, 2.05) is 0 Å². The predicted molar refractivity (Wildman–Crippen MR) is 43.2 cm³/mol. The minimum atomic E-state index is 0.0884. The van der Waals surface area contributed by atoms with E-state index < -0.39 is 0 Å². The van der Waals surface area contributed by atoms with E-state index in [0.29, 0.717) is 12.1 Å². The molecule has 1 fully saturated rings. The van der Waals surface area contributed by atoms with Crippen LogP contribution >= 0.6 is 0 Å².